The number of nitrogens with one attached hydrogen (secondary N) is 1. The first-order chi connectivity index (χ1) is 13.9. The number of phenols is 1. The van der Waals surface area contributed by atoms with Crippen molar-refractivity contribution in [3.63, 3.8) is 0 Å². The SMILES string of the molecule is CCc1c(-c2ccc(OC(C)C)c(C(N)=O)c2)ccnc1Nc1cccc(O)c1. The Morgan fingerprint density at radius 2 is 2.00 bits per heavy atom. The first kappa shape index (κ1) is 20.2. The van der Waals surface area contributed by atoms with Gasteiger partial charge >= 0.3 is 0 Å². The van der Waals surface area contributed by atoms with Crippen molar-refractivity contribution >= 4 is 17.4 Å². The lowest BCUT2D eigenvalue weighted by Gasteiger charge is -2.17. The number of carbonyl (C=O) groups is 1. The highest BCUT2D eigenvalue weighted by Crippen LogP contribution is 2.33. The number of phenolic OH excluding ortho intramolecular Hbond substituents is 1. The highest BCUT2D eigenvalue weighted by molar-refractivity contribution is 5.97. The summed E-state index contributed by atoms with van der Waals surface area (Å²) in [5.41, 5.74) is 9.46. The van der Waals surface area contributed by atoms with E-state index in [0.717, 1.165) is 28.8 Å². The molecule has 1 amide bonds. The van der Waals surface area contributed by atoms with Gasteiger partial charge in [0.05, 0.1) is 11.7 Å². The highest BCUT2D eigenvalue weighted by atomic mass is 16.5. The van der Waals surface area contributed by atoms with E-state index in [-0.39, 0.29) is 11.9 Å². The summed E-state index contributed by atoms with van der Waals surface area (Å²) in [6, 6.07) is 14.2. The maximum absolute atomic E-state index is 12.0. The minimum absolute atomic E-state index is 0.0656. The lowest BCUT2D eigenvalue weighted by molar-refractivity contribution is 0.0994. The summed E-state index contributed by atoms with van der Waals surface area (Å²) < 4.78 is 5.72. The topological polar surface area (TPSA) is 97.5 Å². The molecular weight excluding hydrogens is 366 g/mol. The number of hydrogen-bond acceptors (Lipinski definition) is 5. The van der Waals surface area contributed by atoms with Crippen LogP contribution in [0.4, 0.5) is 11.5 Å². The van der Waals surface area contributed by atoms with Crippen LogP contribution in [0, 0.1) is 0 Å². The molecule has 3 aromatic rings. The molecule has 4 N–H and O–H groups in total. The van der Waals surface area contributed by atoms with Gasteiger partial charge in [-0.15, -0.1) is 0 Å². The first-order valence-corrected chi connectivity index (χ1v) is 9.53. The molecule has 0 aliphatic heterocycles. The van der Waals surface area contributed by atoms with Crippen LogP contribution >= 0.6 is 0 Å². The van der Waals surface area contributed by atoms with E-state index in [9.17, 15) is 9.90 Å². The molecule has 150 valence electrons. The van der Waals surface area contributed by atoms with Crippen molar-refractivity contribution in [1.82, 2.24) is 4.98 Å². The van der Waals surface area contributed by atoms with Crippen molar-refractivity contribution in [2.45, 2.75) is 33.3 Å². The molecule has 0 atom stereocenters. The van der Waals surface area contributed by atoms with E-state index in [2.05, 4.69) is 10.3 Å². The molecule has 0 aliphatic carbocycles. The van der Waals surface area contributed by atoms with Crippen molar-refractivity contribution in [3.05, 3.63) is 65.9 Å². The number of amides is 1. The van der Waals surface area contributed by atoms with E-state index < -0.39 is 5.91 Å². The molecule has 29 heavy (non-hydrogen) atoms. The number of anilines is 2. The number of rotatable bonds is 7. The largest absolute Gasteiger partial charge is 0.508 e. The Morgan fingerprint density at radius 1 is 1.21 bits per heavy atom. The van der Waals surface area contributed by atoms with Gasteiger partial charge < -0.3 is 20.9 Å². The molecule has 0 radical (unpaired) electrons. The second-order valence-corrected chi connectivity index (χ2v) is 6.96. The number of primary amides is 1. The van der Waals surface area contributed by atoms with Gasteiger partial charge in [-0.2, -0.15) is 0 Å². The van der Waals surface area contributed by atoms with Gasteiger partial charge in [-0.1, -0.05) is 19.1 Å². The fourth-order valence-electron chi connectivity index (χ4n) is 3.20. The van der Waals surface area contributed by atoms with E-state index in [0.29, 0.717) is 17.1 Å². The summed E-state index contributed by atoms with van der Waals surface area (Å²) in [5.74, 6) is 0.809. The van der Waals surface area contributed by atoms with Crippen LogP contribution in [-0.2, 0) is 6.42 Å². The normalized spacial score (nSPS) is 10.8. The van der Waals surface area contributed by atoms with Crippen molar-refractivity contribution in [2.75, 3.05) is 5.32 Å². The van der Waals surface area contributed by atoms with Crippen LogP contribution in [0.1, 0.15) is 36.7 Å². The van der Waals surface area contributed by atoms with Gasteiger partial charge in [0.15, 0.2) is 0 Å². The zero-order chi connectivity index (χ0) is 21.0. The number of ether oxygens (including phenoxy) is 1. The Kier molecular flexibility index (Phi) is 6.02. The molecule has 6 heteroatoms. The van der Waals surface area contributed by atoms with Gasteiger partial charge in [0.25, 0.3) is 5.91 Å². The zero-order valence-electron chi connectivity index (χ0n) is 16.8. The Labute approximate surface area is 170 Å². The van der Waals surface area contributed by atoms with Crippen molar-refractivity contribution in [1.29, 1.82) is 0 Å². The van der Waals surface area contributed by atoms with Crippen LogP contribution in [0.3, 0.4) is 0 Å². The van der Waals surface area contributed by atoms with Crippen molar-refractivity contribution in [3.8, 4) is 22.6 Å². The molecular formula is C23H25N3O3. The third-order valence-corrected chi connectivity index (χ3v) is 4.44. The monoisotopic (exact) mass is 391 g/mol. The van der Waals surface area contributed by atoms with Crippen LogP contribution in [0.25, 0.3) is 11.1 Å². The number of carbonyl (C=O) groups excluding carboxylic acids is 1. The summed E-state index contributed by atoms with van der Waals surface area (Å²) in [7, 11) is 0. The van der Waals surface area contributed by atoms with Gasteiger partial charge in [-0.05, 0) is 61.7 Å². The molecule has 0 spiro atoms. The lowest BCUT2D eigenvalue weighted by Crippen LogP contribution is -2.15. The Hall–Kier alpha value is -3.54. The van der Waals surface area contributed by atoms with E-state index in [4.69, 9.17) is 10.5 Å². The number of aromatic hydroxyl groups is 1. The standard InChI is InChI=1S/C23H25N3O3/c1-4-18-19(10-11-25-23(18)26-16-6-5-7-17(27)13-16)15-8-9-21(29-14(2)3)20(12-15)22(24)28/h5-14,27H,4H2,1-3H3,(H2,24,28)(H,25,26). The molecule has 2 aromatic carbocycles. The molecule has 1 aromatic heterocycles. The molecule has 0 bridgehead atoms. The minimum Gasteiger partial charge on any atom is -0.508 e. The van der Waals surface area contributed by atoms with Gasteiger partial charge in [0, 0.05) is 23.5 Å². The number of benzene rings is 2. The molecule has 0 saturated carbocycles. The van der Waals surface area contributed by atoms with Crippen LogP contribution in [0.15, 0.2) is 54.7 Å². The fraction of sp³-hybridized carbons (Fsp3) is 0.217. The van der Waals surface area contributed by atoms with Crippen molar-refractivity contribution in [2.24, 2.45) is 5.73 Å². The van der Waals surface area contributed by atoms with Crippen LogP contribution in [0.5, 0.6) is 11.5 Å². The van der Waals surface area contributed by atoms with Gasteiger partial charge in [0.2, 0.25) is 0 Å². The molecule has 3 rings (SSSR count). The van der Waals surface area contributed by atoms with Crippen LogP contribution in [0.2, 0.25) is 0 Å². The average Bonchev–Trinajstić information content (AvgIpc) is 2.67. The van der Waals surface area contributed by atoms with E-state index in [1.54, 1.807) is 36.5 Å². The molecule has 0 saturated heterocycles. The van der Waals surface area contributed by atoms with Gasteiger partial charge in [-0.25, -0.2) is 4.98 Å². The zero-order valence-corrected chi connectivity index (χ0v) is 16.8. The number of aromatic nitrogens is 1. The Bertz CT molecular complexity index is 1030. The molecule has 1 heterocycles. The van der Waals surface area contributed by atoms with E-state index >= 15 is 0 Å². The second kappa shape index (κ2) is 8.65. The van der Waals surface area contributed by atoms with Gasteiger partial charge in [0.1, 0.15) is 17.3 Å². The van der Waals surface area contributed by atoms with Gasteiger partial charge in [-0.3, -0.25) is 4.79 Å². The van der Waals surface area contributed by atoms with Crippen molar-refractivity contribution < 1.29 is 14.6 Å². The fourth-order valence-corrected chi connectivity index (χ4v) is 3.20. The summed E-state index contributed by atoms with van der Waals surface area (Å²) in [5, 5.41) is 13.0. The summed E-state index contributed by atoms with van der Waals surface area (Å²) in [6.45, 7) is 5.84. The third kappa shape index (κ3) is 4.66. The maximum atomic E-state index is 12.0. The quantitative estimate of drug-likeness (QED) is 0.545. The molecule has 0 unspecified atom stereocenters. The third-order valence-electron chi connectivity index (χ3n) is 4.44. The summed E-state index contributed by atoms with van der Waals surface area (Å²) in [4.78, 5) is 16.4. The van der Waals surface area contributed by atoms with Crippen LogP contribution < -0.4 is 15.8 Å². The summed E-state index contributed by atoms with van der Waals surface area (Å²) >= 11 is 0. The van der Waals surface area contributed by atoms with E-state index in [1.807, 2.05) is 39.0 Å². The van der Waals surface area contributed by atoms with Crippen LogP contribution in [-0.4, -0.2) is 22.1 Å². The summed E-state index contributed by atoms with van der Waals surface area (Å²) in [6.07, 6.45) is 2.37. The maximum Gasteiger partial charge on any atom is 0.252 e. The molecule has 6 nitrogen and oxygen atoms in total. The predicted molar refractivity (Wildman–Crippen MR) is 115 cm³/mol. The first-order valence-electron chi connectivity index (χ1n) is 9.53. The smallest absolute Gasteiger partial charge is 0.252 e. The number of nitrogens with two attached hydrogens (primary N) is 1. The Balaban J connectivity index is 2.04. The Morgan fingerprint density at radius 3 is 2.66 bits per heavy atom. The molecule has 0 aliphatic rings. The second-order valence-electron chi connectivity index (χ2n) is 6.96. The minimum atomic E-state index is -0.535. The highest BCUT2D eigenvalue weighted by Gasteiger charge is 2.16. The number of nitrogens with zero attached hydrogens (tertiary/aromatic N) is 1. The number of hydrogen-bond donors (Lipinski definition) is 3. The number of pyridine rings is 1. The lowest BCUT2D eigenvalue weighted by atomic mass is 9.97. The van der Waals surface area contributed by atoms with E-state index in [1.165, 1.54) is 0 Å². The molecule has 0 fully saturated rings. The predicted octanol–water partition coefficient (Wildman–Crippen LogP) is 4.65. The average molecular weight is 391 g/mol.